The fourth-order valence-electron chi connectivity index (χ4n) is 0. The van der Waals surface area contributed by atoms with Gasteiger partial charge in [-0.3, -0.25) is 0 Å². The second-order valence-electron chi connectivity index (χ2n) is 0.693. The number of hydrogen-bond donors (Lipinski definition) is 6. The molecule has 0 aromatic carbocycles. The van der Waals surface area contributed by atoms with Gasteiger partial charge < -0.3 is 30.1 Å². The normalized spacial score (nSPS) is 4.91. The molecule has 0 atom stereocenters. The van der Waals surface area contributed by atoms with Gasteiger partial charge in [0.2, 0.25) is 0 Å². The Labute approximate surface area is 103 Å². The smallest absolute Gasteiger partial charge is 0.402 e. The minimum Gasteiger partial charge on any atom is -0.402 e. The van der Waals surface area contributed by atoms with Crippen LogP contribution in [0.1, 0.15) is 0 Å². The Balaban J connectivity index is -0.0000000171. The maximum Gasteiger partial charge on any atom is 0.631 e. The van der Waals surface area contributed by atoms with Crippen LogP contribution in [0.25, 0.3) is 0 Å². The average molecular weight is 320 g/mol. The van der Waals surface area contributed by atoms with E-state index in [9.17, 15) is 0 Å². The molecule has 0 rings (SSSR count). The van der Waals surface area contributed by atoms with Crippen molar-refractivity contribution in [2.75, 3.05) is 0 Å². The summed E-state index contributed by atoms with van der Waals surface area (Å²) >= 11 is 0. The van der Waals surface area contributed by atoms with Gasteiger partial charge in [0.15, 0.2) is 0 Å². The summed E-state index contributed by atoms with van der Waals surface area (Å²) in [5, 5.41) is 43.0. The van der Waals surface area contributed by atoms with Crippen LogP contribution in [0.3, 0.4) is 0 Å². The van der Waals surface area contributed by atoms with Crippen LogP contribution in [0.15, 0.2) is 0 Å². The molecular formula is H6B2O6Zn3. The summed E-state index contributed by atoms with van der Waals surface area (Å²) in [6.45, 7) is 0. The van der Waals surface area contributed by atoms with E-state index in [1.165, 1.54) is 0 Å². The second-order valence-corrected chi connectivity index (χ2v) is 0.693. The van der Waals surface area contributed by atoms with E-state index in [0.29, 0.717) is 0 Å². The predicted octanol–water partition coefficient (Wildman–Crippen LogP) is -4.11. The van der Waals surface area contributed by atoms with Crippen molar-refractivity contribution in [2.24, 2.45) is 0 Å². The molecule has 0 aromatic rings. The van der Waals surface area contributed by atoms with Gasteiger partial charge in [0.25, 0.3) is 0 Å². The Hall–Kier alpha value is 1.76. The first-order valence-corrected chi connectivity index (χ1v) is 1.55. The van der Waals surface area contributed by atoms with Crippen molar-refractivity contribution in [3.63, 3.8) is 0 Å². The zero-order valence-corrected chi connectivity index (χ0v) is 14.9. The molecule has 0 saturated heterocycles. The molecule has 11 heavy (non-hydrogen) atoms. The summed E-state index contributed by atoms with van der Waals surface area (Å²) in [7, 11) is -4.33. The first-order chi connectivity index (χ1) is 3.46. The molecule has 6 N–H and O–H groups in total. The second kappa shape index (κ2) is 22.6. The van der Waals surface area contributed by atoms with Crippen molar-refractivity contribution in [3.05, 3.63) is 0 Å². The van der Waals surface area contributed by atoms with Gasteiger partial charge in [-0.1, -0.05) is 0 Å². The number of hydrogen-bond acceptors (Lipinski definition) is 6. The van der Waals surface area contributed by atoms with Gasteiger partial charge in [-0.2, -0.15) is 0 Å². The largest absolute Gasteiger partial charge is 0.631 e. The van der Waals surface area contributed by atoms with Gasteiger partial charge in [-0.25, -0.2) is 0 Å². The van der Waals surface area contributed by atoms with E-state index in [1.807, 2.05) is 0 Å². The minimum absolute atomic E-state index is 0. The number of rotatable bonds is 0. The van der Waals surface area contributed by atoms with E-state index >= 15 is 0 Å². The predicted molar refractivity (Wildman–Crippen MR) is 24.8 cm³/mol. The maximum atomic E-state index is 7.17. The Morgan fingerprint density at radius 2 is 0.455 bits per heavy atom. The van der Waals surface area contributed by atoms with Crippen molar-refractivity contribution < 1.29 is 88.6 Å². The van der Waals surface area contributed by atoms with E-state index in [4.69, 9.17) is 30.1 Å². The molecule has 0 radical (unpaired) electrons. The molecule has 0 aliphatic carbocycles. The summed E-state index contributed by atoms with van der Waals surface area (Å²) in [6, 6.07) is 0. The molecule has 0 aromatic heterocycles. The average Bonchev–Trinajstić information content (AvgIpc) is 1.25. The molecule has 0 spiro atoms. The fourth-order valence-corrected chi connectivity index (χ4v) is 0. The Morgan fingerprint density at radius 1 is 0.455 bits per heavy atom. The molecule has 54 valence electrons. The molecule has 11 heteroatoms. The first kappa shape index (κ1) is 29.3. The van der Waals surface area contributed by atoms with Crippen LogP contribution in [-0.2, 0) is 58.4 Å². The third-order valence-corrected chi connectivity index (χ3v) is 0. The van der Waals surface area contributed by atoms with Gasteiger partial charge >= 0.3 is 14.6 Å². The van der Waals surface area contributed by atoms with Crippen LogP contribution in [0.4, 0.5) is 0 Å². The topological polar surface area (TPSA) is 121 Å². The first-order valence-electron chi connectivity index (χ1n) is 1.55. The summed E-state index contributed by atoms with van der Waals surface area (Å²) in [5.41, 5.74) is 0. The maximum absolute atomic E-state index is 7.17. The monoisotopic (exact) mass is 316 g/mol. The van der Waals surface area contributed by atoms with Gasteiger partial charge in [-0.05, 0) is 0 Å². The summed E-state index contributed by atoms with van der Waals surface area (Å²) in [5.74, 6) is 0. The van der Waals surface area contributed by atoms with Gasteiger partial charge in [-0.15, -0.1) is 0 Å². The van der Waals surface area contributed by atoms with Crippen molar-refractivity contribution in [1.82, 2.24) is 0 Å². The molecule has 0 heterocycles. The molecule has 0 fully saturated rings. The molecular weight excluding hydrogens is 314 g/mol. The molecule has 0 bridgehead atoms. The van der Waals surface area contributed by atoms with E-state index in [1.54, 1.807) is 0 Å². The van der Waals surface area contributed by atoms with Crippen molar-refractivity contribution in [3.8, 4) is 0 Å². The molecule has 0 aliphatic heterocycles. The van der Waals surface area contributed by atoms with E-state index in [2.05, 4.69) is 0 Å². The van der Waals surface area contributed by atoms with E-state index in [-0.39, 0.29) is 58.4 Å². The van der Waals surface area contributed by atoms with Crippen molar-refractivity contribution >= 4 is 14.6 Å². The summed E-state index contributed by atoms with van der Waals surface area (Å²) in [6.07, 6.45) is 0. The SMILES string of the molecule is OB(O)O.OB(O)O.[Zn].[Zn].[Zn]. The quantitative estimate of drug-likeness (QED) is 0.252. The summed E-state index contributed by atoms with van der Waals surface area (Å²) < 4.78 is 0. The van der Waals surface area contributed by atoms with Gasteiger partial charge in [0, 0.05) is 58.4 Å². The Morgan fingerprint density at radius 3 is 0.455 bits per heavy atom. The van der Waals surface area contributed by atoms with Crippen LogP contribution in [0, 0.1) is 0 Å². The Bertz CT molecular complexity index is 31.3. The van der Waals surface area contributed by atoms with Crippen LogP contribution in [0.2, 0.25) is 0 Å². The molecule has 0 unspecified atom stereocenters. The molecule has 0 saturated carbocycles. The van der Waals surface area contributed by atoms with Crippen LogP contribution < -0.4 is 0 Å². The van der Waals surface area contributed by atoms with E-state index < -0.39 is 14.6 Å². The molecule has 0 amide bonds. The minimum atomic E-state index is -2.17. The van der Waals surface area contributed by atoms with E-state index in [0.717, 1.165) is 0 Å². The van der Waals surface area contributed by atoms with Gasteiger partial charge in [0.1, 0.15) is 0 Å². The molecule has 6 nitrogen and oxygen atoms in total. The Kier molecular flexibility index (Phi) is 60.2. The van der Waals surface area contributed by atoms with Crippen molar-refractivity contribution in [2.45, 2.75) is 0 Å². The third-order valence-electron chi connectivity index (χ3n) is 0. The van der Waals surface area contributed by atoms with Gasteiger partial charge in [0.05, 0.1) is 0 Å². The zero-order chi connectivity index (χ0) is 7.15. The standard InChI is InChI=1S/2BH3O3.3Zn/c2*2-1(3)4;;;/h2*2-4H;;;. The van der Waals surface area contributed by atoms with Crippen molar-refractivity contribution in [1.29, 1.82) is 0 Å². The summed E-state index contributed by atoms with van der Waals surface area (Å²) in [4.78, 5) is 0. The zero-order valence-electron chi connectivity index (χ0n) is 5.96. The molecule has 0 aliphatic rings. The fraction of sp³-hybridized carbons (Fsp3) is 0. The van der Waals surface area contributed by atoms with Crippen LogP contribution >= 0.6 is 0 Å². The van der Waals surface area contributed by atoms with Crippen LogP contribution in [0.5, 0.6) is 0 Å². The third kappa shape index (κ3) is 362. The van der Waals surface area contributed by atoms with Crippen LogP contribution in [-0.4, -0.2) is 44.8 Å².